The Morgan fingerprint density at radius 1 is 0.917 bits per heavy atom. The molecular weight excluding hydrogens is 458 g/mol. The number of aryl methyl sites for hydroxylation is 1. The Labute approximate surface area is 209 Å². The summed E-state index contributed by atoms with van der Waals surface area (Å²) in [7, 11) is 0. The molecule has 0 amide bonds. The maximum Gasteiger partial charge on any atom is 0.259 e. The Balaban J connectivity index is 1.26. The molecule has 1 aromatic carbocycles. The number of fused-ring (bicyclic) bond motifs is 5. The van der Waals surface area contributed by atoms with Gasteiger partial charge in [-0.05, 0) is 58.0 Å². The van der Waals surface area contributed by atoms with Gasteiger partial charge in [-0.3, -0.25) is 19.3 Å². The van der Waals surface area contributed by atoms with E-state index in [9.17, 15) is 14.4 Å². The lowest BCUT2D eigenvalue weighted by molar-refractivity contribution is 0.000771. The number of nitrogens with zero attached hydrogens (tertiary/aromatic N) is 3. The van der Waals surface area contributed by atoms with E-state index in [1.807, 2.05) is 0 Å². The summed E-state index contributed by atoms with van der Waals surface area (Å²) >= 11 is 0. The van der Waals surface area contributed by atoms with Crippen molar-refractivity contribution in [1.29, 1.82) is 0 Å². The molecule has 0 radical (unpaired) electrons. The zero-order valence-electron chi connectivity index (χ0n) is 20.6. The van der Waals surface area contributed by atoms with Crippen LogP contribution in [0.15, 0.2) is 39.5 Å². The number of furan rings is 1. The van der Waals surface area contributed by atoms with Crippen molar-refractivity contribution in [3.63, 3.8) is 0 Å². The average molecular weight is 490 g/mol. The van der Waals surface area contributed by atoms with Crippen molar-refractivity contribution in [1.82, 2.24) is 14.4 Å². The lowest BCUT2D eigenvalue weighted by atomic mass is 9.88. The van der Waals surface area contributed by atoms with Crippen molar-refractivity contribution >= 4 is 22.3 Å². The smallest absolute Gasteiger partial charge is 0.259 e. The van der Waals surface area contributed by atoms with Crippen LogP contribution in [-0.2, 0) is 11.3 Å². The minimum absolute atomic E-state index is 0.155. The summed E-state index contributed by atoms with van der Waals surface area (Å²) in [5.41, 5.74) is 0.817. The number of morpholine rings is 1. The van der Waals surface area contributed by atoms with E-state index in [-0.39, 0.29) is 16.7 Å². The number of rotatable bonds is 5. The van der Waals surface area contributed by atoms with Crippen molar-refractivity contribution < 1.29 is 18.7 Å². The fourth-order valence-electron chi connectivity index (χ4n) is 6.07. The van der Waals surface area contributed by atoms with Gasteiger partial charge in [-0.2, -0.15) is 0 Å². The lowest BCUT2D eigenvalue weighted by Crippen LogP contribution is -2.49. The molecule has 0 N–H and O–H groups in total. The number of pyridine rings is 1. The van der Waals surface area contributed by atoms with Gasteiger partial charge in [-0.25, -0.2) is 0 Å². The molecule has 0 saturated carbocycles. The standard InChI is InChI=1S/C28H31N3O5/c1-18-17-22-25(32)26(33)23-20-5-2-3-6-21(20)28(34)31(24(23)27(22)36-18)10-4-9-29-11-7-19(8-12-29)30-13-15-35-16-14-30/h2-3,5-6,17,19H,4,7-16H2,1H3. The van der Waals surface area contributed by atoms with Crippen LogP contribution in [-0.4, -0.2) is 77.9 Å². The second kappa shape index (κ2) is 9.42. The zero-order valence-corrected chi connectivity index (χ0v) is 20.6. The summed E-state index contributed by atoms with van der Waals surface area (Å²) in [5.74, 6) is -0.271. The van der Waals surface area contributed by atoms with E-state index in [1.54, 1.807) is 41.8 Å². The second-order valence-electron chi connectivity index (χ2n) is 10.1. The summed E-state index contributed by atoms with van der Waals surface area (Å²) in [6, 6.07) is 9.27. The van der Waals surface area contributed by atoms with Crippen molar-refractivity contribution in [2.45, 2.75) is 38.8 Å². The first-order valence-corrected chi connectivity index (χ1v) is 12.9. The van der Waals surface area contributed by atoms with E-state index in [0.717, 1.165) is 65.2 Å². The molecule has 3 aromatic rings. The molecule has 8 heteroatoms. The van der Waals surface area contributed by atoms with Crippen LogP contribution >= 0.6 is 0 Å². The summed E-state index contributed by atoms with van der Waals surface area (Å²) in [4.78, 5) is 44.7. The van der Waals surface area contributed by atoms with E-state index < -0.39 is 11.6 Å². The number of ether oxygens (including phenoxy) is 1. The number of hydrogen-bond donors (Lipinski definition) is 0. The first kappa shape index (κ1) is 23.3. The molecule has 0 unspecified atom stereocenters. The normalized spacial score (nSPS) is 19.6. The molecule has 6 rings (SSSR count). The van der Waals surface area contributed by atoms with E-state index in [4.69, 9.17) is 9.15 Å². The zero-order chi connectivity index (χ0) is 24.8. The van der Waals surface area contributed by atoms with Crippen molar-refractivity contribution in [2.75, 3.05) is 45.9 Å². The van der Waals surface area contributed by atoms with Gasteiger partial charge >= 0.3 is 0 Å². The number of likely N-dealkylation sites (tertiary alicyclic amines) is 1. The highest BCUT2D eigenvalue weighted by molar-refractivity contribution is 6.54. The SMILES string of the molecule is Cc1cc2c(o1)-c1c(c3ccccc3c(=O)n1CCCN1CCC(N3CCOCC3)CC1)C(=O)C2=O. The Hall–Kier alpha value is -3.07. The number of ketones is 2. The number of carbonyl (C=O) groups excluding carboxylic acids is 2. The highest BCUT2D eigenvalue weighted by Gasteiger charge is 2.37. The molecule has 3 aliphatic rings. The number of aromatic nitrogens is 1. The molecule has 188 valence electrons. The molecule has 0 spiro atoms. The third-order valence-corrected chi connectivity index (χ3v) is 7.90. The van der Waals surface area contributed by atoms with Crippen LogP contribution in [0.4, 0.5) is 0 Å². The van der Waals surface area contributed by atoms with Crippen molar-refractivity contribution in [3.05, 3.63) is 57.6 Å². The van der Waals surface area contributed by atoms with Crippen molar-refractivity contribution in [3.8, 4) is 11.5 Å². The molecule has 1 aliphatic carbocycles. The van der Waals surface area contributed by atoms with Crippen LogP contribution in [0.2, 0.25) is 0 Å². The highest BCUT2D eigenvalue weighted by atomic mass is 16.5. The van der Waals surface area contributed by atoms with Crippen LogP contribution in [0.1, 0.15) is 45.7 Å². The minimum atomic E-state index is -0.576. The minimum Gasteiger partial charge on any atom is -0.459 e. The first-order chi connectivity index (χ1) is 17.5. The summed E-state index contributed by atoms with van der Waals surface area (Å²) < 4.78 is 13.1. The molecule has 8 nitrogen and oxygen atoms in total. The number of carbonyl (C=O) groups is 2. The van der Waals surface area contributed by atoms with Crippen LogP contribution in [0.5, 0.6) is 0 Å². The van der Waals surface area contributed by atoms with E-state index in [2.05, 4.69) is 9.80 Å². The molecular formula is C28H31N3O5. The topological polar surface area (TPSA) is 85.0 Å². The maximum atomic E-state index is 13.6. The molecule has 4 heterocycles. The van der Waals surface area contributed by atoms with Gasteiger partial charge in [-0.1, -0.05) is 18.2 Å². The predicted molar refractivity (Wildman–Crippen MR) is 136 cm³/mol. The number of hydrogen-bond acceptors (Lipinski definition) is 7. The maximum absolute atomic E-state index is 13.6. The number of Topliss-reactive ketones (excluding diaryl/α,β-unsaturated/α-hetero) is 2. The Morgan fingerprint density at radius 3 is 2.39 bits per heavy atom. The van der Waals surface area contributed by atoms with Crippen LogP contribution < -0.4 is 5.56 Å². The summed E-state index contributed by atoms with van der Waals surface area (Å²) in [6.07, 6.45) is 3.07. The van der Waals surface area contributed by atoms with E-state index in [1.165, 1.54) is 0 Å². The van der Waals surface area contributed by atoms with Gasteiger partial charge in [-0.15, -0.1) is 0 Å². The van der Waals surface area contributed by atoms with Crippen molar-refractivity contribution in [2.24, 2.45) is 0 Å². The Morgan fingerprint density at radius 2 is 1.64 bits per heavy atom. The molecule has 2 aromatic heterocycles. The fourth-order valence-corrected chi connectivity index (χ4v) is 6.07. The van der Waals surface area contributed by atoms with Crippen LogP contribution in [0.3, 0.4) is 0 Å². The number of benzene rings is 1. The van der Waals surface area contributed by atoms with Gasteiger partial charge < -0.3 is 18.6 Å². The quantitative estimate of drug-likeness (QED) is 0.509. The van der Waals surface area contributed by atoms with Gasteiger partial charge in [0.15, 0.2) is 5.76 Å². The monoisotopic (exact) mass is 489 g/mol. The molecule has 2 saturated heterocycles. The van der Waals surface area contributed by atoms with Gasteiger partial charge in [0.2, 0.25) is 11.6 Å². The summed E-state index contributed by atoms with van der Waals surface area (Å²) in [6.45, 7) is 8.87. The lowest BCUT2D eigenvalue weighted by Gasteiger charge is -2.40. The van der Waals surface area contributed by atoms with Gasteiger partial charge in [0, 0.05) is 36.4 Å². The molecule has 0 bridgehead atoms. The Kier molecular flexibility index (Phi) is 6.11. The van der Waals surface area contributed by atoms with Crippen LogP contribution in [0.25, 0.3) is 22.2 Å². The Bertz CT molecular complexity index is 1390. The fraction of sp³-hybridized carbons (Fsp3) is 0.464. The number of piperidine rings is 1. The van der Waals surface area contributed by atoms with Gasteiger partial charge in [0.1, 0.15) is 5.76 Å². The largest absolute Gasteiger partial charge is 0.459 e. The molecule has 2 aliphatic heterocycles. The molecule has 0 atom stereocenters. The molecule has 2 fully saturated rings. The van der Waals surface area contributed by atoms with Gasteiger partial charge in [0.25, 0.3) is 5.56 Å². The highest BCUT2D eigenvalue weighted by Crippen LogP contribution is 2.38. The summed E-state index contributed by atoms with van der Waals surface area (Å²) in [5, 5.41) is 0.965. The van der Waals surface area contributed by atoms with Crippen LogP contribution in [0, 0.1) is 6.92 Å². The van der Waals surface area contributed by atoms with E-state index >= 15 is 0 Å². The molecule has 36 heavy (non-hydrogen) atoms. The second-order valence-corrected chi connectivity index (χ2v) is 10.1. The van der Waals surface area contributed by atoms with E-state index in [0.29, 0.717) is 40.6 Å². The first-order valence-electron chi connectivity index (χ1n) is 12.9. The predicted octanol–water partition coefficient (Wildman–Crippen LogP) is 3.14. The third-order valence-electron chi connectivity index (χ3n) is 7.90. The third kappa shape index (κ3) is 3.93. The van der Waals surface area contributed by atoms with Gasteiger partial charge in [0.05, 0.1) is 30.0 Å². The average Bonchev–Trinajstić information content (AvgIpc) is 3.31.